The van der Waals surface area contributed by atoms with E-state index in [1.165, 1.54) is 0 Å². The van der Waals surface area contributed by atoms with E-state index >= 15 is 0 Å². The van der Waals surface area contributed by atoms with E-state index in [0.717, 1.165) is 39.3 Å². The van der Waals surface area contributed by atoms with E-state index in [-0.39, 0.29) is 11.7 Å². The van der Waals surface area contributed by atoms with E-state index in [2.05, 4.69) is 4.90 Å². The summed E-state index contributed by atoms with van der Waals surface area (Å²) in [5.41, 5.74) is -0.577. The van der Waals surface area contributed by atoms with Crippen molar-refractivity contribution < 1.29 is 19.0 Å². The van der Waals surface area contributed by atoms with E-state index < -0.39 is 5.60 Å². The fourth-order valence-electron chi connectivity index (χ4n) is 3.32. The van der Waals surface area contributed by atoms with Gasteiger partial charge in [0.05, 0.1) is 32.9 Å². The van der Waals surface area contributed by atoms with Gasteiger partial charge in [-0.3, -0.25) is 4.90 Å². The Morgan fingerprint density at radius 2 is 1.90 bits per heavy atom. The van der Waals surface area contributed by atoms with Crippen LogP contribution in [-0.4, -0.2) is 79.1 Å². The van der Waals surface area contributed by atoms with Crippen LogP contribution in [-0.2, 0) is 14.2 Å². The van der Waals surface area contributed by atoms with Crippen LogP contribution in [0.4, 0.5) is 4.79 Å². The van der Waals surface area contributed by atoms with Crippen LogP contribution >= 0.6 is 0 Å². The van der Waals surface area contributed by atoms with Gasteiger partial charge in [0, 0.05) is 19.1 Å². The van der Waals surface area contributed by atoms with Crippen LogP contribution in [0, 0.1) is 0 Å². The molecule has 120 valence electrons. The lowest BCUT2D eigenvalue weighted by Gasteiger charge is -2.47. The molecule has 0 saturated carbocycles. The third-order valence-corrected chi connectivity index (χ3v) is 4.36. The molecule has 21 heavy (non-hydrogen) atoms. The maximum Gasteiger partial charge on any atom is 0.410 e. The third-order valence-electron chi connectivity index (χ3n) is 4.36. The van der Waals surface area contributed by atoms with E-state index in [9.17, 15) is 4.79 Å². The Labute approximate surface area is 126 Å². The van der Waals surface area contributed by atoms with Crippen LogP contribution in [0.5, 0.6) is 0 Å². The Morgan fingerprint density at radius 1 is 1.24 bits per heavy atom. The van der Waals surface area contributed by atoms with Crippen molar-refractivity contribution in [3.8, 4) is 0 Å². The normalized spacial score (nSPS) is 29.5. The predicted molar refractivity (Wildman–Crippen MR) is 77.3 cm³/mol. The minimum absolute atomic E-state index is 0.139. The molecule has 1 unspecified atom stereocenters. The minimum Gasteiger partial charge on any atom is -0.444 e. The molecule has 1 atom stereocenters. The zero-order valence-corrected chi connectivity index (χ0v) is 13.3. The van der Waals surface area contributed by atoms with Crippen molar-refractivity contribution in [3.63, 3.8) is 0 Å². The number of carbonyl (C=O) groups excluding carboxylic acids is 1. The van der Waals surface area contributed by atoms with Gasteiger partial charge in [-0.2, -0.15) is 0 Å². The van der Waals surface area contributed by atoms with Crippen molar-refractivity contribution in [3.05, 3.63) is 0 Å². The average Bonchev–Trinajstić information content (AvgIpc) is 2.81. The molecule has 3 saturated heterocycles. The van der Waals surface area contributed by atoms with Crippen LogP contribution in [0.1, 0.15) is 27.2 Å². The number of ether oxygens (including phenoxy) is 3. The number of morpholine rings is 1. The average molecular weight is 298 g/mol. The molecule has 6 heteroatoms. The summed E-state index contributed by atoms with van der Waals surface area (Å²) in [5, 5.41) is 0. The molecule has 3 aliphatic heterocycles. The maximum atomic E-state index is 12.0. The Kier molecular flexibility index (Phi) is 3.88. The van der Waals surface area contributed by atoms with Crippen molar-refractivity contribution >= 4 is 6.09 Å². The van der Waals surface area contributed by atoms with Gasteiger partial charge in [0.15, 0.2) is 0 Å². The highest BCUT2D eigenvalue weighted by atomic mass is 16.6. The molecule has 0 N–H and O–H groups in total. The minimum atomic E-state index is -0.438. The molecular weight excluding hydrogens is 272 g/mol. The lowest BCUT2D eigenvalue weighted by Crippen LogP contribution is -2.64. The highest BCUT2D eigenvalue weighted by molar-refractivity contribution is 5.69. The van der Waals surface area contributed by atoms with Gasteiger partial charge in [-0.05, 0) is 27.2 Å². The van der Waals surface area contributed by atoms with Gasteiger partial charge in [-0.1, -0.05) is 0 Å². The molecule has 3 fully saturated rings. The number of likely N-dealkylation sites (tertiary alicyclic amines) is 1. The van der Waals surface area contributed by atoms with Crippen LogP contribution in [0.2, 0.25) is 0 Å². The number of hydrogen-bond acceptors (Lipinski definition) is 5. The van der Waals surface area contributed by atoms with Crippen molar-refractivity contribution in [2.45, 2.75) is 44.4 Å². The molecule has 6 nitrogen and oxygen atoms in total. The molecule has 3 aliphatic rings. The Hall–Kier alpha value is -0.850. The monoisotopic (exact) mass is 298 g/mol. The van der Waals surface area contributed by atoms with Crippen molar-refractivity contribution in [2.75, 3.05) is 46.0 Å². The van der Waals surface area contributed by atoms with E-state index in [4.69, 9.17) is 14.2 Å². The summed E-state index contributed by atoms with van der Waals surface area (Å²) >= 11 is 0. The Bertz CT molecular complexity index is 395. The summed E-state index contributed by atoms with van der Waals surface area (Å²) in [6, 6.07) is 0.467. The van der Waals surface area contributed by atoms with Crippen LogP contribution in [0.3, 0.4) is 0 Å². The molecule has 0 aromatic carbocycles. The first-order valence-corrected chi connectivity index (χ1v) is 7.81. The second-order valence-electron chi connectivity index (χ2n) is 7.34. The number of rotatable bonds is 1. The Balaban J connectivity index is 1.48. The number of hydrogen-bond donors (Lipinski definition) is 0. The molecule has 3 rings (SSSR count). The lowest BCUT2D eigenvalue weighted by atomic mass is 9.89. The summed E-state index contributed by atoms with van der Waals surface area (Å²) in [6.45, 7) is 11.3. The summed E-state index contributed by atoms with van der Waals surface area (Å²) in [5.74, 6) is 0. The summed E-state index contributed by atoms with van der Waals surface area (Å²) in [7, 11) is 0. The first kappa shape index (κ1) is 15.1. The second-order valence-corrected chi connectivity index (χ2v) is 7.34. The highest BCUT2D eigenvalue weighted by Crippen LogP contribution is 2.37. The van der Waals surface area contributed by atoms with Gasteiger partial charge in [-0.25, -0.2) is 4.79 Å². The molecule has 0 aromatic heterocycles. The topological polar surface area (TPSA) is 51.2 Å². The number of carbonyl (C=O) groups is 1. The van der Waals surface area contributed by atoms with Gasteiger partial charge in [0.2, 0.25) is 0 Å². The van der Waals surface area contributed by atoms with Crippen LogP contribution in [0.25, 0.3) is 0 Å². The van der Waals surface area contributed by atoms with Gasteiger partial charge in [0.25, 0.3) is 0 Å². The fraction of sp³-hybridized carbons (Fsp3) is 0.933. The molecule has 1 amide bonds. The van der Waals surface area contributed by atoms with Gasteiger partial charge < -0.3 is 19.1 Å². The van der Waals surface area contributed by atoms with Crippen molar-refractivity contribution in [2.24, 2.45) is 0 Å². The standard InChI is InChI=1S/C15H26N2O4/c1-14(2,3)21-13(18)17-10-15(11-17)8-12(9-20-15)16-4-6-19-7-5-16/h12H,4-11H2,1-3H3. The van der Waals surface area contributed by atoms with Gasteiger partial charge >= 0.3 is 6.09 Å². The number of nitrogens with zero attached hydrogens (tertiary/aromatic N) is 2. The second kappa shape index (κ2) is 5.41. The SMILES string of the molecule is CC(C)(C)OC(=O)N1CC2(CC(N3CCOCC3)CO2)C1. The molecular formula is C15H26N2O4. The zero-order chi connectivity index (χ0) is 15.1. The largest absolute Gasteiger partial charge is 0.444 e. The first-order valence-electron chi connectivity index (χ1n) is 7.81. The van der Waals surface area contributed by atoms with Crippen LogP contribution in [0.15, 0.2) is 0 Å². The lowest BCUT2D eigenvalue weighted by molar-refractivity contribution is -0.109. The van der Waals surface area contributed by atoms with E-state index in [1.807, 2.05) is 20.8 Å². The summed E-state index contributed by atoms with van der Waals surface area (Å²) in [6.07, 6.45) is 0.776. The molecule has 0 radical (unpaired) electrons. The predicted octanol–water partition coefficient (Wildman–Crippen LogP) is 1.10. The van der Waals surface area contributed by atoms with Crippen molar-refractivity contribution in [1.29, 1.82) is 0 Å². The molecule has 0 aromatic rings. The zero-order valence-electron chi connectivity index (χ0n) is 13.3. The van der Waals surface area contributed by atoms with E-state index in [1.54, 1.807) is 4.90 Å². The van der Waals surface area contributed by atoms with Crippen molar-refractivity contribution in [1.82, 2.24) is 9.80 Å². The van der Waals surface area contributed by atoms with Gasteiger partial charge in [-0.15, -0.1) is 0 Å². The molecule has 1 spiro atoms. The quantitative estimate of drug-likeness (QED) is 0.725. The van der Waals surface area contributed by atoms with Gasteiger partial charge in [0.1, 0.15) is 11.2 Å². The highest BCUT2D eigenvalue weighted by Gasteiger charge is 2.53. The number of amides is 1. The Morgan fingerprint density at radius 3 is 2.52 bits per heavy atom. The van der Waals surface area contributed by atoms with E-state index in [0.29, 0.717) is 19.1 Å². The first-order chi connectivity index (χ1) is 9.87. The maximum absolute atomic E-state index is 12.0. The molecule has 3 heterocycles. The summed E-state index contributed by atoms with van der Waals surface area (Å²) in [4.78, 5) is 16.2. The summed E-state index contributed by atoms with van der Waals surface area (Å²) < 4.78 is 16.8. The third kappa shape index (κ3) is 3.33. The fourth-order valence-corrected chi connectivity index (χ4v) is 3.32. The molecule has 0 aliphatic carbocycles. The smallest absolute Gasteiger partial charge is 0.410 e. The van der Waals surface area contributed by atoms with Crippen LogP contribution < -0.4 is 0 Å². The molecule has 0 bridgehead atoms.